The van der Waals surface area contributed by atoms with E-state index in [0.29, 0.717) is 16.2 Å². The van der Waals surface area contributed by atoms with Crippen LogP contribution in [0.25, 0.3) is 0 Å². The van der Waals surface area contributed by atoms with Crippen molar-refractivity contribution < 1.29 is 0 Å². The van der Waals surface area contributed by atoms with Crippen molar-refractivity contribution in [2.45, 2.75) is 18.8 Å². The van der Waals surface area contributed by atoms with E-state index in [4.69, 9.17) is 23.2 Å². The van der Waals surface area contributed by atoms with E-state index < -0.39 is 0 Å². The molecule has 0 saturated carbocycles. The second kappa shape index (κ2) is 7.63. The van der Waals surface area contributed by atoms with Crippen LogP contribution in [0.1, 0.15) is 29.0 Å². The first-order valence-electron chi connectivity index (χ1n) is 7.64. The van der Waals surface area contributed by atoms with Gasteiger partial charge in [-0.1, -0.05) is 83.9 Å². The average molecular weight is 342 g/mol. The Hall–Kier alpha value is -1.83. The molecule has 3 aromatic rings. The third kappa shape index (κ3) is 4.34. The molecule has 0 bridgehead atoms. The van der Waals surface area contributed by atoms with Gasteiger partial charge in [-0.25, -0.2) is 4.98 Å². The zero-order chi connectivity index (χ0) is 16.1. The van der Waals surface area contributed by atoms with Crippen LogP contribution >= 0.6 is 23.2 Å². The van der Waals surface area contributed by atoms with E-state index in [1.54, 1.807) is 0 Å². The molecule has 0 fully saturated rings. The Morgan fingerprint density at radius 1 is 0.739 bits per heavy atom. The van der Waals surface area contributed by atoms with Crippen LogP contribution in [-0.2, 0) is 6.42 Å². The number of rotatable bonds is 5. The summed E-state index contributed by atoms with van der Waals surface area (Å²) >= 11 is 12.0. The highest BCUT2D eigenvalue weighted by atomic mass is 35.5. The number of pyridine rings is 1. The van der Waals surface area contributed by atoms with Crippen molar-refractivity contribution in [3.8, 4) is 0 Å². The minimum atomic E-state index is 0.350. The third-order valence-electron chi connectivity index (χ3n) is 3.95. The van der Waals surface area contributed by atoms with Crippen LogP contribution in [0.15, 0.2) is 72.8 Å². The summed E-state index contributed by atoms with van der Waals surface area (Å²) < 4.78 is 0. The lowest BCUT2D eigenvalue weighted by molar-refractivity contribution is 0.715. The normalized spacial score (nSPS) is 10.9. The molecule has 0 unspecified atom stereocenters. The molecule has 0 saturated heterocycles. The van der Waals surface area contributed by atoms with Crippen molar-refractivity contribution in [2.24, 2.45) is 0 Å². The van der Waals surface area contributed by atoms with Crippen LogP contribution in [0.4, 0.5) is 0 Å². The third-order valence-corrected chi connectivity index (χ3v) is 4.34. The van der Waals surface area contributed by atoms with Crippen molar-refractivity contribution in [2.75, 3.05) is 0 Å². The fourth-order valence-electron chi connectivity index (χ4n) is 2.87. The van der Waals surface area contributed by atoms with Crippen LogP contribution in [0, 0.1) is 0 Å². The molecule has 0 radical (unpaired) electrons. The highest BCUT2D eigenvalue weighted by Crippen LogP contribution is 2.29. The summed E-state index contributed by atoms with van der Waals surface area (Å²) in [6.45, 7) is 0. The van der Waals surface area contributed by atoms with Gasteiger partial charge in [0.25, 0.3) is 0 Å². The molecule has 3 heteroatoms. The highest BCUT2D eigenvalue weighted by Gasteiger charge is 2.14. The summed E-state index contributed by atoms with van der Waals surface area (Å²) in [5.74, 6) is 0.350. The molecular weight excluding hydrogens is 325 g/mol. The molecule has 1 nitrogen and oxygen atoms in total. The molecule has 0 amide bonds. The Bertz CT molecular complexity index is 697. The smallest absolute Gasteiger partial charge is 0.131 e. The topological polar surface area (TPSA) is 12.9 Å². The zero-order valence-electron chi connectivity index (χ0n) is 12.6. The molecule has 0 aliphatic heterocycles. The van der Waals surface area contributed by atoms with E-state index in [9.17, 15) is 0 Å². The van der Waals surface area contributed by atoms with Gasteiger partial charge in [-0.15, -0.1) is 0 Å². The molecule has 0 N–H and O–H groups in total. The Morgan fingerprint density at radius 2 is 1.22 bits per heavy atom. The lowest BCUT2D eigenvalue weighted by atomic mass is 9.86. The van der Waals surface area contributed by atoms with Crippen molar-refractivity contribution in [3.05, 3.63) is 99.8 Å². The molecule has 0 aliphatic rings. The maximum Gasteiger partial charge on any atom is 0.131 e. The van der Waals surface area contributed by atoms with Crippen LogP contribution in [0.2, 0.25) is 10.3 Å². The van der Waals surface area contributed by atoms with Crippen LogP contribution in [-0.4, -0.2) is 4.98 Å². The number of aryl methyl sites for hydroxylation is 1. The van der Waals surface area contributed by atoms with Gasteiger partial charge in [0.15, 0.2) is 0 Å². The molecule has 3 rings (SSSR count). The quantitative estimate of drug-likeness (QED) is 0.507. The van der Waals surface area contributed by atoms with E-state index >= 15 is 0 Å². The summed E-state index contributed by atoms with van der Waals surface area (Å²) in [6.07, 6.45) is 1.89. The lowest BCUT2D eigenvalue weighted by Gasteiger charge is -2.18. The summed E-state index contributed by atoms with van der Waals surface area (Å²) in [5, 5.41) is 0.895. The second-order valence-corrected chi connectivity index (χ2v) is 6.31. The molecule has 1 heterocycles. The van der Waals surface area contributed by atoms with Gasteiger partial charge in [0.2, 0.25) is 0 Å². The zero-order valence-corrected chi connectivity index (χ0v) is 14.1. The van der Waals surface area contributed by atoms with Gasteiger partial charge in [0.05, 0.1) is 0 Å². The monoisotopic (exact) mass is 341 g/mol. The minimum absolute atomic E-state index is 0.350. The maximum absolute atomic E-state index is 6.00. The molecular formula is C20H17Cl2N. The van der Waals surface area contributed by atoms with Crippen molar-refractivity contribution >= 4 is 23.2 Å². The van der Waals surface area contributed by atoms with E-state index in [1.807, 2.05) is 24.3 Å². The first-order chi connectivity index (χ1) is 11.2. The Kier molecular flexibility index (Phi) is 5.32. The van der Waals surface area contributed by atoms with E-state index in [0.717, 1.165) is 18.4 Å². The number of hydrogen-bond donors (Lipinski definition) is 0. The molecule has 0 atom stereocenters. The Balaban J connectivity index is 1.85. The average Bonchev–Trinajstić information content (AvgIpc) is 2.56. The van der Waals surface area contributed by atoms with E-state index in [2.05, 4.69) is 53.5 Å². The standard InChI is InChI=1S/C20H17Cl2N/c21-19-13-15(14-20(22)23-19)11-12-18(16-7-3-1-4-8-16)17-9-5-2-6-10-17/h1-10,13-14,18H,11-12H2. The fraction of sp³-hybridized carbons (Fsp3) is 0.150. The lowest BCUT2D eigenvalue weighted by Crippen LogP contribution is -2.03. The molecule has 1 aromatic heterocycles. The fourth-order valence-corrected chi connectivity index (χ4v) is 3.37. The summed E-state index contributed by atoms with van der Waals surface area (Å²) in [5.41, 5.74) is 3.77. The molecule has 2 aromatic carbocycles. The van der Waals surface area contributed by atoms with Gasteiger partial charge < -0.3 is 0 Å². The molecule has 23 heavy (non-hydrogen) atoms. The van der Waals surface area contributed by atoms with E-state index in [-0.39, 0.29) is 0 Å². The highest BCUT2D eigenvalue weighted by molar-refractivity contribution is 6.32. The van der Waals surface area contributed by atoms with Crippen molar-refractivity contribution in [1.82, 2.24) is 4.98 Å². The number of nitrogens with zero attached hydrogens (tertiary/aromatic N) is 1. The van der Waals surface area contributed by atoms with E-state index in [1.165, 1.54) is 11.1 Å². The van der Waals surface area contributed by atoms with Crippen LogP contribution in [0.5, 0.6) is 0 Å². The van der Waals surface area contributed by atoms with Crippen LogP contribution < -0.4 is 0 Å². The number of aromatic nitrogens is 1. The van der Waals surface area contributed by atoms with Gasteiger partial charge in [-0.05, 0) is 41.7 Å². The SMILES string of the molecule is Clc1cc(CCC(c2ccccc2)c2ccccc2)cc(Cl)n1. The van der Waals surface area contributed by atoms with Gasteiger partial charge >= 0.3 is 0 Å². The Labute approximate surface area is 146 Å². The number of halogens is 2. The van der Waals surface area contributed by atoms with Gasteiger partial charge in [-0.3, -0.25) is 0 Å². The number of hydrogen-bond acceptors (Lipinski definition) is 1. The van der Waals surface area contributed by atoms with Gasteiger partial charge in [-0.2, -0.15) is 0 Å². The summed E-state index contributed by atoms with van der Waals surface area (Å²) in [7, 11) is 0. The largest absolute Gasteiger partial charge is 0.224 e. The van der Waals surface area contributed by atoms with Crippen molar-refractivity contribution in [1.29, 1.82) is 0 Å². The Morgan fingerprint density at radius 3 is 1.70 bits per heavy atom. The molecule has 0 aliphatic carbocycles. The predicted octanol–water partition coefficient (Wildman–Crippen LogP) is 6.15. The summed E-state index contributed by atoms with van der Waals surface area (Å²) in [6, 6.07) is 25.0. The predicted molar refractivity (Wildman–Crippen MR) is 97.3 cm³/mol. The van der Waals surface area contributed by atoms with Gasteiger partial charge in [0, 0.05) is 5.92 Å². The van der Waals surface area contributed by atoms with Gasteiger partial charge in [0.1, 0.15) is 10.3 Å². The minimum Gasteiger partial charge on any atom is -0.224 e. The summed E-state index contributed by atoms with van der Waals surface area (Å²) in [4.78, 5) is 4.01. The van der Waals surface area contributed by atoms with Crippen LogP contribution in [0.3, 0.4) is 0 Å². The number of benzene rings is 2. The first kappa shape index (κ1) is 16.0. The van der Waals surface area contributed by atoms with Crippen molar-refractivity contribution in [3.63, 3.8) is 0 Å². The molecule has 116 valence electrons. The maximum atomic E-state index is 6.00. The molecule has 0 spiro atoms. The second-order valence-electron chi connectivity index (χ2n) is 5.53. The first-order valence-corrected chi connectivity index (χ1v) is 8.40.